The summed E-state index contributed by atoms with van der Waals surface area (Å²) in [7, 11) is 1.68. The van der Waals surface area contributed by atoms with E-state index in [1.165, 1.54) is 41.2 Å². The molecule has 0 saturated carbocycles. The molecular formula is C21H21FN6O2. The van der Waals surface area contributed by atoms with Gasteiger partial charge in [0.2, 0.25) is 5.95 Å². The van der Waals surface area contributed by atoms with Crippen LogP contribution < -0.4 is 10.5 Å². The molecule has 2 aromatic heterocycles. The van der Waals surface area contributed by atoms with Gasteiger partial charge in [-0.15, -0.1) is 0 Å². The van der Waals surface area contributed by atoms with Gasteiger partial charge < -0.3 is 9.80 Å². The highest BCUT2D eigenvalue weighted by atomic mass is 19.1. The molecule has 1 aromatic carbocycles. The largest absolute Gasteiger partial charge is 0.336 e. The van der Waals surface area contributed by atoms with E-state index in [0.717, 1.165) is 0 Å². The molecule has 1 fully saturated rings. The van der Waals surface area contributed by atoms with Gasteiger partial charge in [0.1, 0.15) is 12.1 Å². The first kappa shape index (κ1) is 19.7. The maximum atomic E-state index is 13.1. The molecule has 0 bridgehead atoms. The summed E-state index contributed by atoms with van der Waals surface area (Å²) in [5.41, 5.74) is 1.31. The van der Waals surface area contributed by atoms with Crippen LogP contribution in [0, 0.1) is 5.82 Å². The number of rotatable bonds is 3. The maximum Gasteiger partial charge on any atom is 0.255 e. The summed E-state index contributed by atoms with van der Waals surface area (Å²) in [6.45, 7) is 3.42. The molecule has 3 heterocycles. The number of amides is 1. The summed E-state index contributed by atoms with van der Waals surface area (Å²) in [4.78, 5) is 41.8. The lowest BCUT2D eigenvalue weighted by Crippen LogP contribution is -2.55. The molecule has 0 unspecified atom stereocenters. The van der Waals surface area contributed by atoms with Crippen LogP contribution in [0.1, 0.15) is 17.3 Å². The summed E-state index contributed by atoms with van der Waals surface area (Å²) < 4.78 is 14.6. The van der Waals surface area contributed by atoms with Gasteiger partial charge in [-0.3, -0.25) is 14.2 Å². The van der Waals surface area contributed by atoms with Gasteiger partial charge in [0.05, 0.1) is 11.4 Å². The standard InChI is InChI=1S/C21H21FN6O2/c1-14-12-27(20(30)15-3-5-16(22)6-4-15)9-10-28(14)21-25-18(11-19(29)26(21)2)17-7-8-23-13-24-17/h3-8,11,13-14H,9-10,12H2,1-2H3/t14-/m1/s1. The fraction of sp³-hybridized carbons (Fsp3) is 0.286. The Morgan fingerprint density at radius 3 is 2.57 bits per heavy atom. The number of aromatic nitrogens is 4. The van der Waals surface area contributed by atoms with Crippen LogP contribution in [0.4, 0.5) is 10.3 Å². The molecule has 0 radical (unpaired) electrons. The molecule has 1 atom stereocenters. The Balaban J connectivity index is 1.58. The topological polar surface area (TPSA) is 84.2 Å². The molecule has 1 saturated heterocycles. The second-order valence-electron chi connectivity index (χ2n) is 7.23. The molecule has 3 aromatic rings. The number of hydrogen-bond donors (Lipinski definition) is 0. The SMILES string of the molecule is C[C@@H]1CN(C(=O)c2ccc(F)cc2)CCN1c1nc(-c2ccncn2)cc(=O)n1C. The first-order valence-electron chi connectivity index (χ1n) is 9.60. The minimum absolute atomic E-state index is 0.0677. The van der Waals surface area contributed by atoms with Crippen molar-refractivity contribution >= 4 is 11.9 Å². The predicted octanol–water partition coefficient (Wildman–Crippen LogP) is 1.73. The minimum atomic E-state index is -0.375. The van der Waals surface area contributed by atoms with E-state index in [1.54, 1.807) is 24.2 Å². The van der Waals surface area contributed by atoms with Crippen LogP contribution in [-0.2, 0) is 7.05 Å². The lowest BCUT2D eigenvalue weighted by atomic mass is 10.1. The second kappa shape index (κ2) is 8.02. The Kier molecular flexibility index (Phi) is 5.26. The van der Waals surface area contributed by atoms with Crippen molar-refractivity contribution in [3.05, 3.63) is 70.7 Å². The third-order valence-electron chi connectivity index (χ3n) is 5.22. The summed E-state index contributed by atoms with van der Waals surface area (Å²) in [6.07, 6.45) is 3.01. The summed E-state index contributed by atoms with van der Waals surface area (Å²) >= 11 is 0. The van der Waals surface area contributed by atoms with E-state index in [-0.39, 0.29) is 23.3 Å². The van der Waals surface area contributed by atoms with Gasteiger partial charge in [-0.2, -0.15) is 0 Å². The maximum absolute atomic E-state index is 13.1. The Morgan fingerprint density at radius 2 is 1.90 bits per heavy atom. The van der Waals surface area contributed by atoms with Gasteiger partial charge in [-0.05, 0) is 37.3 Å². The van der Waals surface area contributed by atoms with Crippen molar-refractivity contribution in [2.45, 2.75) is 13.0 Å². The van der Waals surface area contributed by atoms with Crippen LogP contribution >= 0.6 is 0 Å². The second-order valence-corrected chi connectivity index (χ2v) is 7.23. The Hall–Kier alpha value is -3.62. The van der Waals surface area contributed by atoms with Crippen molar-refractivity contribution in [1.82, 2.24) is 24.4 Å². The average molecular weight is 408 g/mol. The van der Waals surface area contributed by atoms with E-state index in [0.29, 0.717) is 42.5 Å². The van der Waals surface area contributed by atoms with Crippen molar-refractivity contribution in [3.63, 3.8) is 0 Å². The molecule has 154 valence electrons. The van der Waals surface area contributed by atoms with E-state index in [2.05, 4.69) is 15.0 Å². The Morgan fingerprint density at radius 1 is 1.13 bits per heavy atom. The zero-order valence-electron chi connectivity index (χ0n) is 16.7. The van der Waals surface area contributed by atoms with Crippen LogP contribution in [0.2, 0.25) is 0 Å². The highest BCUT2D eigenvalue weighted by Gasteiger charge is 2.29. The van der Waals surface area contributed by atoms with E-state index in [9.17, 15) is 14.0 Å². The minimum Gasteiger partial charge on any atom is -0.336 e. The highest BCUT2D eigenvalue weighted by molar-refractivity contribution is 5.94. The number of nitrogens with zero attached hydrogens (tertiary/aromatic N) is 6. The summed E-state index contributed by atoms with van der Waals surface area (Å²) in [6, 6.07) is 8.63. The zero-order chi connectivity index (χ0) is 21.3. The molecule has 1 aliphatic heterocycles. The zero-order valence-corrected chi connectivity index (χ0v) is 16.7. The summed E-state index contributed by atoms with van der Waals surface area (Å²) in [5.74, 6) is 0.0101. The first-order chi connectivity index (χ1) is 14.4. The van der Waals surface area contributed by atoms with Gasteiger partial charge in [-0.25, -0.2) is 19.3 Å². The Bertz CT molecular complexity index is 1120. The molecule has 0 aliphatic carbocycles. The Labute approximate surface area is 172 Å². The lowest BCUT2D eigenvalue weighted by Gasteiger charge is -2.40. The molecule has 30 heavy (non-hydrogen) atoms. The van der Waals surface area contributed by atoms with Crippen LogP contribution in [0.15, 0.2) is 53.7 Å². The van der Waals surface area contributed by atoms with E-state index < -0.39 is 0 Å². The van der Waals surface area contributed by atoms with Crippen molar-refractivity contribution in [3.8, 4) is 11.4 Å². The highest BCUT2D eigenvalue weighted by Crippen LogP contribution is 2.21. The van der Waals surface area contributed by atoms with Gasteiger partial charge in [0.25, 0.3) is 11.5 Å². The van der Waals surface area contributed by atoms with Crippen LogP contribution in [0.3, 0.4) is 0 Å². The molecule has 0 N–H and O–H groups in total. The lowest BCUT2D eigenvalue weighted by molar-refractivity contribution is 0.0725. The number of halogens is 1. The van der Waals surface area contributed by atoms with Crippen LogP contribution in [-0.4, -0.2) is 56.0 Å². The quantitative estimate of drug-likeness (QED) is 0.656. The first-order valence-corrected chi connectivity index (χ1v) is 9.60. The monoisotopic (exact) mass is 408 g/mol. The molecular weight excluding hydrogens is 387 g/mol. The third-order valence-corrected chi connectivity index (χ3v) is 5.22. The van der Waals surface area contributed by atoms with E-state index >= 15 is 0 Å². The van der Waals surface area contributed by atoms with Crippen molar-refractivity contribution in [2.24, 2.45) is 7.05 Å². The van der Waals surface area contributed by atoms with Gasteiger partial charge in [-0.1, -0.05) is 0 Å². The van der Waals surface area contributed by atoms with E-state index in [4.69, 9.17) is 0 Å². The van der Waals surface area contributed by atoms with Crippen LogP contribution in [0.5, 0.6) is 0 Å². The van der Waals surface area contributed by atoms with Gasteiger partial charge in [0.15, 0.2) is 0 Å². The molecule has 1 amide bonds. The number of carbonyl (C=O) groups is 1. The van der Waals surface area contributed by atoms with Crippen molar-refractivity contribution < 1.29 is 9.18 Å². The molecule has 9 heteroatoms. The average Bonchev–Trinajstić information content (AvgIpc) is 2.76. The molecule has 8 nitrogen and oxygen atoms in total. The van der Waals surface area contributed by atoms with E-state index in [1.807, 2.05) is 11.8 Å². The van der Waals surface area contributed by atoms with Crippen molar-refractivity contribution in [2.75, 3.05) is 24.5 Å². The fourth-order valence-corrected chi connectivity index (χ4v) is 3.57. The third kappa shape index (κ3) is 3.78. The number of piperazine rings is 1. The predicted molar refractivity (Wildman–Crippen MR) is 110 cm³/mol. The van der Waals surface area contributed by atoms with Gasteiger partial charge in [0, 0.05) is 50.6 Å². The molecule has 4 rings (SSSR count). The number of hydrogen-bond acceptors (Lipinski definition) is 6. The number of benzene rings is 1. The molecule has 1 aliphatic rings. The van der Waals surface area contributed by atoms with Gasteiger partial charge >= 0.3 is 0 Å². The molecule has 0 spiro atoms. The normalized spacial score (nSPS) is 16.6. The summed E-state index contributed by atoms with van der Waals surface area (Å²) in [5, 5.41) is 0. The fourth-order valence-electron chi connectivity index (χ4n) is 3.57. The number of anilines is 1. The van der Waals surface area contributed by atoms with Crippen LogP contribution in [0.25, 0.3) is 11.4 Å². The number of carbonyl (C=O) groups excluding carboxylic acids is 1. The van der Waals surface area contributed by atoms with Crippen molar-refractivity contribution in [1.29, 1.82) is 0 Å². The smallest absolute Gasteiger partial charge is 0.255 e.